The van der Waals surface area contributed by atoms with E-state index in [0.717, 1.165) is 11.1 Å². The van der Waals surface area contributed by atoms with E-state index in [1.54, 1.807) is 12.1 Å². The molecular formula is C25H27NO4. The summed E-state index contributed by atoms with van der Waals surface area (Å²) in [6.07, 6.45) is 0.665. The van der Waals surface area contributed by atoms with Crippen LogP contribution in [0, 0.1) is 0 Å². The Bertz CT molecular complexity index is 964. The molecule has 0 aliphatic heterocycles. The third-order valence-electron chi connectivity index (χ3n) is 5.17. The molecule has 0 bridgehead atoms. The minimum Gasteiger partial charge on any atom is -0.493 e. The second-order valence-corrected chi connectivity index (χ2v) is 7.20. The molecule has 0 amide bonds. The molecule has 3 rings (SSSR count). The van der Waals surface area contributed by atoms with E-state index in [-0.39, 0.29) is 12.2 Å². The lowest BCUT2D eigenvalue weighted by Gasteiger charge is -2.30. The Balaban J connectivity index is 1.98. The first-order chi connectivity index (χ1) is 14.5. The van der Waals surface area contributed by atoms with Gasteiger partial charge in [0.15, 0.2) is 17.3 Å². The highest BCUT2D eigenvalue weighted by molar-refractivity contribution is 5.98. The zero-order valence-corrected chi connectivity index (χ0v) is 17.6. The van der Waals surface area contributed by atoms with Crippen molar-refractivity contribution in [1.29, 1.82) is 0 Å². The summed E-state index contributed by atoms with van der Waals surface area (Å²) in [5.41, 5.74) is 8.46. The van der Waals surface area contributed by atoms with Gasteiger partial charge in [-0.3, -0.25) is 4.79 Å². The van der Waals surface area contributed by atoms with E-state index in [1.165, 1.54) is 21.3 Å². The van der Waals surface area contributed by atoms with Crippen LogP contribution in [-0.4, -0.2) is 27.1 Å². The molecule has 3 aromatic carbocycles. The van der Waals surface area contributed by atoms with Crippen LogP contribution in [0.25, 0.3) is 0 Å². The summed E-state index contributed by atoms with van der Waals surface area (Å²) in [5, 5.41) is 0. The third kappa shape index (κ3) is 4.63. The fourth-order valence-corrected chi connectivity index (χ4v) is 3.63. The van der Waals surface area contributed by atoms with Crippen molar-refractivity contribution in [2.75, 3.05) is 21.3 Å². The van der Waals surface area contributed by atoms with Gasteiger partial charge in [0, 0.05) is 12.0 Å². The van der Waals surface area contributed by atoms with E-state index >= 15 is 0 Å². The highest BCUT2D eigenvalue weighted by atomic mass is 16.5. The number of hydrogen-bond donors (Lipinski definition) is 1. The van der Waals surface area contributed by atoms with Crippen molar-refractivity contribution < 1.29 is 19.0 Å². The smallest absolute Gasteiger partial charge is 0.203 e. The van der Waals surface area contributed by atoms with Gasteiger partial charge >= 0.3 is 0 Å². The van der Waals surface area contributed by atoms with Gasteiger partial charge in [-0.15, -0.1) is 0 Å². The molecule has 156 valence electrons. The molecule has 1 unspecified atom stereocenters. The van der Waals surface area contributed by atoms with Crippen molar-refractivity contribution >= 4 is 5.78 Å². The zero-order chi connectivity index (χ0) is 21.6. The van der Waals surface area contributed by atoms with Crippen LogP contribution in [0.1, 0.15) is 27.9 Å². The summed E-state index contributed by atoms with van der Waals surface area (Å²) < 4.78 is 16.1. The largest absolute Gasteiger partial charge is 0.493 e. The molecule has 0 heterocycles. The lowest BCUT2D eigenvalue weighted by molar-refractivity contribution is 0.0949. The van der Waals surface area contributed by atoms with E-state index in [1.807, 2.05) is 60.7 Å². The number of rotatable bonds is 9. The van der Waals surface area contributed by atoms with Gasteiger partial charge in [0.25, 0.3) is 0 Å². The maximum Gasteiger partial charge on any atom is 0.203 e. The fraction of sp³-hybridized carbons (Fsp3) is 0.240. The third-order valence-corrected chi connectivity index (χ3v) is 5.17. The van der Waals surface area contributed by atoms with Crippen LogP contribution in [0.2, 0.25) is 0 Å². The molecule has 0 saturated heterocycles. The zero-order valence-electron chi connectivity index (χ0n) is 17.6. The van der Waals surface area contributed by atoms with Gasteiger partial charge in [0.2, 0.25) is 5.75 Å². The number of hydrogen-bond acceptors (Lipinski definition) is 5. The van der Waals surface area contributed by atoms with E-state index in [2.05, 4.69) is 0 Å². The highest BCUT2D eigenvalue weighted by Crippen LogP contribution is 2.39. The molecule has 0 saturated carbocycles. The van der Waals surface area contributed by atoms with Crippen LogP contribution in [-0.2, 0) is 12.0 Å². The molecule has 1 atom stereocenters. The molecule has 0 aliphatic carbocycles. The molecule has 0 aliphatic rings. The normalized spacial score (nSPS) is 12.7. The number of carbonyl (C=O) groups excluding carboxylic acids is 1. The maximum atomic E-state index is 13.3. The van der Waals surface area contributed by atoms with E-state index < -0.39 is 5.54 Å². The van der Waals surface area contributed by atoms with Crippen LogP contribution in [0.3, 0.4) is 0 Å². The molecule has 5 heteroatoms. The van der Waals surface area contributed by atoms with Crippen molar-refractivity contribution in [2.24, 2.45) is 5.73 Å². The van der Waals surface area contributed by atoms with E-state index in [4.69, 9.17) is 19.9 Å². The lowest BCUT2D eigenvalue weighted by Crippen LogP contribution is -2.41. The first-order valence-electron chi connectivity index (χ1n) is 9.72. The Morgan fingerprint density at radius 2 is 1.37 bits per heavy atom. The number of Topliss-reactive ketones (excluding diaryl/α,β-unsaturated/α-hetero) is 1. The SMILES string of the molecule is COc1cc(C(=O)CC(N)(Cc2ccccc2)c2ccccc2)cc(OC)c1OC. The highest BCUT2D eigenvalue weighted by Gasteiger charge is 2.31. The Kier molecular flexibility index (Phi) is 6.75. The fourth-order valence-electron chi connectivity index (χ4n) is 3.63. The van der Waals surface area contributed by atoms with Crippen molar-refractivity contribution in [3.63, 3.8) is 0 Å². The van der Waals surface area contributed by atoms with E-state index in [9.17, 15) is 4.79 Å². The van der Waals surface area contributed by atoms with Crippen LogP contribution in [0.15, 0.2) is 72.8 Å². The van der Waals surface area contributed by atoms with Gasteiger partial charge in [-0.25, -0.2) is 0 Å². The molecule has 30 heavy (non-hydrogen) atoms. The summed E-state index contributed by atoms with van der Waals surface area (Å²) >= 11 is 0. The summed E-state index contributed by atoms with van der Waals surface area (Å²) in [7, 11) is 4.58. The van der Waals surface area contributed by atoms with Crippen LogP contribution in [0.5, 0.6) is 17.2 Å². The second kappa shape index (κ2) is 9.46. The Hall–Kier alpha value is -3.31. The summed E-state index contributed by atoms with van der Waals surface area (Å²) in [6.45, 7) is 0. The minimum atomic E-state index is -0.861. The minimum absolute atomic E-state index is 0.100. The first-order valence-corrected chi connectivity index (χ1v) is 9.72. The predicted octanol–water partition coefficient (Wildman–Crippen LogP) is 4.38. The molecular weight excluding hydrogens is 378 g/mol. The number of methoxy groups -OCH3 is 3. The maximum absolute atomic E-state index is 13.3. The molecule has 5 nitrogen and oxygen atoms in total. The predicted molar refractivity (Wildman–Crippen MR) is 117 cm³/mol. The average Bonchev–Trinajstić information content (AvgIpc) is 2.79. The van der Waals surface area contributed by atoms with Gasteiger partial charge < -0.3 is 19.9 Å². The van der Waals surface area contributed by atoms with Crippen molar-refractivity contribution in [3.8, 4) is 17.2 Å². The van der Waals surface area contributed by atoms with E-state index in [0.29, 0.717) is 29.2 Å². The van der Waals surface area contributed by atoms with Crippen LogP contribution in [0.4, 0.5) is 0 Å². The number of carbonyl (C=O) groups is 1. The number of nitrogens with two attached hydrogens (primary N) is 1. The Labute approximate surface area is 177 Å². The van der Waals surface area contributed by atoms with Gasteiger partial charge in [-0.05, 0) is 29.7 Å². The first kappa shape index (κ1) is 21.4. The Morgan fingerprint density at radius 1 is 0.833 bits per heavy atom. The molecule has 0 fully saturated rings. The molecule has 3 aromatic rings. The van der Waals surface area contributed by atoms with Crippen molar-refractivity contribution in [1.82, 2.24) is 0 Å². The molecule has 0 radical (unpaired) electrons. The van der Waals surface area contributed by atoms with Crippen LogP contribution < -0.4 is 19.9 Å². The van der Waals surface area contributed by atoms with Gasteiger partial charge in [0.1, 0.15) is 0 Å². The lowest BCUT2D eigenvalue weighted by atomic mass is 9.79. The average molecular weight is 405 g/mol. The number of ketones is 1. The van der Waals surface area contributed by atoms with Gasteiger partial charge in [-0.2, -0.15) is 0 Å². The standard InChI is InChI=1S/C25H27NO4/c1-28-22-14-19(15-23(29-2)24(22)30-3)21(27)17-25(26,20-12-8-5-9-13-20)16-18-10-6-4-7-11-18/h4-15H,16-17,26H2,1-3H3. The van der Waals surface area contributed by atoms with Gasteiger partial charge in [0.05, 0.1) is 26.9 Å². The summed E-state index contributed by atoms with van der Waals surface area (Å²) in [6, 6.07) is 23.0. The molecule has 0 aromatic heterocycles. The molecule has 0 spiro atoms. The monoisotopic (exact) mass is 405 g/mol. The van der Waals surface area contributed by atoms with Crippen LogP contribution >= 0.6 is 0 Å². The van der Waals surface area contributed by atoms with Crippen molar-refractivity contribution in [2.45, 2.75) is 18.4 Å². The number of benzene rings is 3. The Morgan fingerprint density at radius 3 is 1.87 bits per heavy atom. The second-order valence-electron chi connectivity index (χ2n) is 7.20. The topological polar surface area (TPSA) is 70.8 Å². The number of ether oxygens (including phenoxy) is 3. The van der Waals surface area contributed by atoms with Crippen molar-refractivity contribution in [3.05, 3.63) is 89.5 Å². The quantitative estimate of drug-likeness (QED) is 0.535. The summed E-state index contributed by atoms with van der Waals surface area (Å²) in [4.78, 5) is 13.3. The molecule has 2 N–H and O–H groups in total. The van der Waals surface area contributed by atoms with Gasteiger partial charge in [-0.1, -0.05) is 60.7 Å². The summed E-state index contributed by atoms with van der Waals surface area (Å²) in [5.74, 6) is 1.22.